The Kier molecular flexibility index (Phi) is 7.80. The number of nitrogens with one attached hydrogen (secondary N) is 2. The Morgan fingerprint density at radius 1 is 1.11 bits per heavy atom. The van der Waals surface area contributed by atoms with Crippen LogP contribution in [0.5, 0.6) is 5.75 Å². The quantitative estimate of drug-likeness (QED) is 0.358. The van der Waals surface area contributed by atoms with Crippen LogP contribution in [0, 0.1) is 5.82 Å². The van der Waals surface area contributed by atoms with Crippen LogP contribution < -0.4 is 20.9 Å². The lowest BCUT2D eigenvalue weighted by Crippen LogP contribution is -2.43. The third-order valence-corrected chi connectivity index (χ3v) is 6.01. The molecule has 8 nitrogen and oxygen atoms in total. The molecule has 0 unspecified atom stereocenters. The highest BCUT2D eigenvalue weighted by molar-refractivity contribution is 6.31. The largest absolute Gasteiger partial charge is 0.497 e. The van der Waals surface area contributed by atoms with Crippen molar-refractivity contribution in [1.82, 2.24) is 25.2 Å². The van der Waals surface area contributed by atoms with Crippen molar-refractivity contribution in [3.63, 3.8) is 0 Å². The number of carbonyl (C=O) groups is 1. The Morgan fingerprint density at radius 3 is 2.53 bits per heavy atom. The highest BCUT2D eigenvalue weighted by Gasteiger charge is 2.20. The van der Waals surface area contributed by atoms with Gasteiger partial charge in [-0.25, -0.2) is 14.4 Å². The molecule has 38 heavy (non-hydrogen) atoms. The number of fused-ring (bicyclic) bond motifs is 1. The van der Waals surface area contributed by atoms with E-state index in [4.69, 9.17) is 16.3 Å². The molecule has 198 valence electrons. The fourth-order valence-corrected chi connectivity index (χ4v) is 4.30. The molecule has 10 heteroatoms. The molecule has 2 heterocycles. The van der Waals surface area contributed by atoms with Gasteiger partial charge in [-0.15, -0.1) is 0 Å². The number of aromatic nitrogens is 3. The molecule has 0 aliphatic rings. The molecule has 0 fully saturated rings. The normalized spacial score (nSPS) is 11.6. The first-order valence-electron chi connectivity index (χ1n) is 12.0. The maximum absolute atomic E-state index is 13.9. The molecule has 2 aromatic carbocycles. The molecule has 0 radical (unpaired) electrons. The minimum atomic E-state index is -0.603. The second kappa shape index (κ2) is 10.9. The smallest absolute Gasteiger partial charge is 0.263 e. The van der Waals surface area contributed by atoms with E-state index in [0.29, 0.717) is 23.4 Å². The zero-order valence-electron chi connectivity index (χ0n) is 21.9. The molecular weight excluding hydrogens is 509 g/mol. The third-order valence-electron chi connectivity index (χ3n) is 5.72. The van der Waals surface area contributed by atoms with Gasteiger partial charge in [0.25, 0.3) is 5.56 Å². The van der Waals surface area contributed by atoms with Gasteiger partial charge in [0.15, 0.2) is 5.65 Å². The Labute approximate surface area is 224 Å². The van der Waals surface area contributed by atoms with Gasteiger partial charge < -0.3 is 15.4 Å². The van der Waals surface area contributed by atoms with Gasteiger partial charge >= 0.3 is 0 Å². The maximum Gasteiger partial charge on any atom is 0.263 e. The number of hydrogen-bond donors (Lipinski definition) is 2. The highest BCUT2D eigenvalue weighted by Crippen LogP contribution is 2.28. The SMILES string of the molecule is CNCc1cc(OC)cc(-c2cnc3nc(-c4ccc(F)c(Cl)c4)n(CC(=O)NC(C)(C)C)c(=O)c3c2)c1. The first-order chi connectivity index (χ1) is 18.0. The maximum atomic E-state index is 13.9. The molecule has 1 amide bonds. The van der Waals surface area contributed by atoms with E-state index < -0.39 is 16.9 Å². The Bertz CT molecular complexity index is 1580. The second-order valence-electron chi connectivity index (χ2n) is 9.95. The van der Waals surface area contributed by atoms with E-state index in [9.17, 15) is 14.0 Å². The van der Waals surface area contributed by atoms with Crippen LogP contribution in [0.4, 0.5) is 4.39 Å². The van der Waals surface area contributed by atoms with Gasteiger partial charge in [-0.3, -0.25) is 14.2 Å². The number of carbonyl (C=O) groups excluding carboxylic acids is 1. The molecule has 0 aliphatic heterocycles. The van der Waals surface area contributed by atoms with E-state index in [1.807, 2.05) is 46.0 Å². The molecule has 0 spiro atoms. The predicted octanol–water partition coefficient (Wildman–Crippen LogP) is 4.56. The number of pyridine rings is 1. The number of nitrogens with zero attached hydrogens (tertiary/aromatic N) is 3. The van der Waals surface area contributed by atoms with Gasteiger partial charge in [-0.2, -0.15) is 0 Å². The van der Waals surface area contributed by atoms with Gasteiger partial charge in [0, 0.05) is 29.4 Å². The number of halogens is 2. The first-order valence-corrected chi connectivity index (χ1v) is 12.4. The summed E-state index contributed by atoms with van der Waals surface area (Å²) in [5.41, 5.74) is 2.12. The molecule has 2 N–H and O–H groups in total. The third kappa shape index (κ3) is 6.00. The van der Waals surface area contributed by atoms with Crippen molar-refractivity contribution in [2.75, 3.05) is 14.2 Å². The summed E-state index contributed by atoms with van der Waals surface area (Å²) in [4.78, 5) is 35.7. The van der Waals surface area contributed by atoms with Gasteiger partial charge in [-0.1, -0.05) is 11.6 Å². The first kappa shape index (κ1) is 27.2. The van der Waals surface area contributed by atoms with Crippen LogP contribution >= 0.6 is 11.6 Å². The predicted molar refractivity (Wildman–Crippen MR) is 147 cm³/mol. The van der Waals surface area contributed by atoms with Crippen LogP contribution in [-0.2, 0) is 17.9 Å². The Hall–Kier alpha value is -3.82. The summed E-state index contributed by atoms with van der Waals surface area (Å²) in [6.45, 7) is 5.88. The number of hydrogen-bond acceptors (Lipinski definition) is 6. The van der Waals surface area contributed by atoms with E-state index in [0.717, 1.165) is 11.1 Å². The lowest BCUT2D eigenvalue weighted by atomic mass is 10.0. The number of amides is 1. The van der Waals surface area contributed by atoms with E-state index >= 15 is 0 Å². The fourth-order valence-electron chi connectivity index (χ4n) is 4.12. The van der Waals surface area contributed by atoms with Crippen molar-refractivity contribution in [3.8, 4) is 28.3 Å². The van der Waals surface area contributed by atoms with E-state index in [1.165, 1.54) is 22.8 Å². The molecule has 0 saturated heterocycles. The molecule has 4 aromatic rings. The lowest BCUT2D eigenvalue weighted by molar-refractivity contribution is -0.123. The number of benzene rings is 2. The van der Waals surface area contributed by atoms with E-state index in [-0.39, 0.29) is 34.3 Å². The fraction of sp³-hybridized carbons (Fsp3) is 0.286. The van der Waals surface area contributed by atoms with Gasteiger partial charge in [0.05, 0.1) is 17.5 Å². The van der Waals surface area contributed by atoms with Crippen molar-refractivity contribution in [3.05, 3.63) is 75.4 Å². The summed E-state index contributed by atoms with van der Waals surface area (Å²) in [5.74, 6) is -0.143. The van der Waals surface area contributed by atoms with Gasteiger partial charge in [-0.05, 0) is 81.4 Å². The second-order valence-corrected chi connectivity index (χ2v) is 10.4. The minimum Gasteiger partial charge on any atom is -0.497 e. The van der Waals surface area contributed by atoms with Crippen LogP contribution in [0.25, 0.3) is 33.5 Å². The highest BCUT2D eigenvalue weighted by atomic mass is 35.5. The average Bonchev–Trinajstić information content (AvgIpc) is 2.86. The summed E-state index contributed by atoms with van der Waals surface area (Å²) in [6.07, 6.45) is 1.63. The zero-order valence-corrected chi connectivity index (χ0v) is 22.6. The number of methoxy groups -OCH3 is 1. The average molecular weight is 538 g/mol. The van der Waals surface area contributed by atoms with Crippen LogP contribution in [-0.4, -0.2) is 40.1 Å². The standard InChI is InChI=1S/C28H29ClFN5O3/c1-28(2,3)34-24(36)15-35-26(17-6-7-23(30)22(29)12-17)33-25-21(27(35)37)11-19(14-32-25)18-8-16(13-31-4)9-20(10-18)38-5/h6-12,14,31H,13,15H2,1-5H3,(H,34,36). The van der Waals surface area contributed by atoms with Gasteiger partial charge in [0.1, 0.15) is 23.9 Å². The van der Waals surface area contributed by atoms with E-state index in [1.54, 1.807) is 19.4 Å². The minimum absolute atomic E-state index is 0.124. The van der Waals surface area contributed by atoms with Crippen molar-refractivity contribution in [2.24, 2.45) is 0 Å². The summed E-state index contributed by atoms with van der Waals surface area (Å²) >= 11 is 6.02. The van der Waals surface area contributed by atoms with Crippen LogP contribution in [0.3, 0.4) is 0 Å². The van der Waals surface area contributed by atoms with Crippen molar-refractivity contribution in [2.45, 2.75) is 39.4 Å². The summed E-state index contributed by atoms with van der Waals surface area (Å²) < 4.78 is 20.6. The number of ether oxygens (including phenoxy) is 1. The summed E-state index contributed by atoms with van der Waals surface area (Å²) in [6, 6.07) is 11.5. The number of rotatable bonds is 7. The lowest BCUT2D eigenvalue weighted by Gasteiger charge is -2.21. The van der Waals surface area contributed by atoms with Crippen molar-refractivity contribution in [1.29, 1.82) is 0 Å². The summed E-state index contributed by atoms with van der Waals surface area (Å²) in [5, 5.41) is 6.09. The van der Waals surface area contributed by atoms with Crippen molar-refractivity contribution < 1.29 is 13.9 Å². The molecule has 0 atom stereocenters. The Morgan fingerprint density at radius 2 is 1.87 bits per heavy atom. The zero-order chi connectivity index (χ0) is 27.6. The molecule has 0 saturated carbocycles. The van der Waals surface area contributed by atoms with Crippen molar-refractivity contribution >= 4 is 28.5 Å². The molecule has 2 aromatic heterocycles. The van der Waals surface area contributed by atoms with Crippen LogP contribution in [0.1, 0.15) is 26.3 Å². The molecule has 0 bridgehead atoms. The molecule has 4 rings (SSSR count). The van der Waals surface area contributed by atoms with Crippen LogP contribution in [0.2, 0.25) is 5.02 Å². The monoisotopic (exact) mass is 537 g/mol. The molecule has 0 aliphatic carbocycles. The molecular formula is C28H29ClFN5O3. The van der Waals surface area contributed by atoms with E-state index in [2.05, 4.69) is 20.6 Å². The van der Waals surface area contributed by atoms with Crippen LogP contribution in [0.15, 0.2) is 53.5 Å². The topological polar surface area (TPSA) is 98.1 Å². The van der Waals surface area contributed by atoms with Gasteiger partial charge in [0.2, 0.25) is 5.91 Å². The summed E-state index contributed by atoms with van der Waals surface area (Å²) in [7, 11) is 3.45. The Balaban J connectivity index is 1.91.